The summed E-state index contributed by atoms with van der Waals surface area (Å²) in [5, 5.41) is 0. The summed E-state index contributed by atoms with van der Waals surface area (Å²) in [7, 11) is -7.44. The highest BCUT2D eigenvalue weighted by Crippen LogP contribution is 2.29. The Morgan fingerprint density at radius 2 is 0.959 bits per heavy atom. The Labute approximate surface area is 299 Å². The summed E-state index contributed by atoms with van der Waals surface area (Å²) in [6, 6.07) is 3.99. The molecule has 0 N–H and O–H groups in total. The molecule has 2 aliphatic heterocycles. The van der Waals surface area contributed by atoms with E-state index in [1.165, 1.54) is 0 Å². The van der Waals surface area contributed by atoms with Gasteiger partial charge in [0.05, 0.1) is 50.1 Å². The zero-order valence-electron chi connectivity index (χ0n) is 32.1. The maximum Gasteiger partial charge on any atom is 0.317 e. The van der Waals surface area contributed by atoms with Crippen LogP contribution in [0.2, 0.25) is 76.6 Å². The van der Waals surface area contributed by atoms with Crippen LogP contribution in [-0.4, -0.2) is 95.8 Å². The summed E-state index contributed by atoms with van der Waals surface area (Å²) in [6.45, 7) is 24.5. The van der Waals surface area contributed by atoms with Crippen LogP contribution < -0.4 is 0 Å². The van der Waals surface area contributed by atoms with E-state index in [4.69, 9.17) is 22.4 Å². The number of rotatable bonds is 26. The van der Waals surface area contributed by atoms with Gasteiger partial charge in [-0.3, -0.25) is 19.2 Å². The van der Waals surface area contributed by atoms with E-state index in [0.717, 1.165) is 49.9 Å². The summed E-state index contributed by atoms with van der Waals surface area (Å²) in [6.07, 6.45) is 5.46. The Kier molecular flexibility index (Phi) is 18.2. The SMILES string of the molecule is CC(COCCC[Si](C)(C)O[Si](C)(C)CCCC1CC(=O)OC1=O)OCC(C)OCCC[Si](C)(C)O[Si](C)(C)CCCC1CC(=O)OC1=O. The first kappa shape index (κ1) is 44.1. The van der Waals surface area contributed by atoms with Crippen molar-refractivity contribution in [2.45, 2.75) is 154 Å². The standard InChI is InChI=1S/C34H66O11Si4/c1-27(25-39-17-13-21-48(7,8)44-46(3,4)19-11-15-29-23-31(35)42-33(29)37)41-26-28(2)40-18-14-22-49(9,10)45-47(5,6)20-12-16-30-24-32(36)43-34(30)38/h27-30H,11-26H2,1-10H3. The second-order valence-corrected chi connectivity index (χ2v) is 34.2. The van der Waals surface area contributed by atoms with Crippen molar-refractivity contribution in [1.82, 2.24) is 0 Å². The molecule has 49 heavy (non-hydrogen) atoms. The first-order valence-corrected chi connectivity index (χ1v) is 30.8. The first-order valence-electron chi connectivity index (χ1n) is 18.4. The average Bonchev–Trinajstić information content (AvgIpc) is 3.45. The molecule has 2 saturated heterocycles. The van der Waals surface area contributed by atoms with Crippen molar-refractivity contribution < 1.29 is 51.1 Å². The first-order chi connectivity index (χ1) is 22.7. The van der Waals surface area contributed by atoms with Crippen LogP contribution in [-0.2, 0) is 51.1 Å². The highest BCUT2D eigenvalue weighted by atomic mass is 28.4. The maximum atomic E-state index is 11.7. The van der Waals surface area contributed by atoms with Gasteiger partial charge in [0.1, 0.15) is 0 Å². The molecular formula is C34H66O11Si4. The fourth-order valence-electron chi connectivity index (χ4n) is 6.76. The van der Waals surface area contributed by atoms with Gasteiger partial charge in [0.15, 0.2) is 33.3 Å². The molecule has 0 radical (unpaired) electrons. The molecule has 284 valence electrons. The Morgan fingerprint density at radius 1 is 0.571 bits per heavy atom. The van der Waals surface area contributed by atoms with Gasteiger partial charge in [-0.2, -0.15) is 0 Å². The molecule has 2 aliphatic rings. The maximum absolute atomic E-state index is 11.7. The molecule has 11 nitrogen and oxygen atoms in total. The number of cyclic esters (lactones) is 4. The van der Waals surface area contributed by atoms with Gasteiger partial charge in [-0.25, -0.2) is 0 Å². The van der Waals surface area contributed by atoms with Gasteiger partial charge in [-0.1, -0.05) is 12.8 Å². The van der Waals surface area contributed by atoms with Crippen molar-refractivity contribution in [3.8, 4) is 0 Å². The lowest BCUT2D eigenvalue weighted by Crippen LogP contribution is -2.44. The van der Waals surface area contributed by atoms with Crippen LogP contribution in [0.25, 0.3) is 0 Å². The van der Waals surface area contributed by atoms with Gasteiger partial charge < -0.3 is 31.9 Å². The van der Waals surface area contributed by atoms with Crippen LogP contribution in [0.4, 0.5) is 0 Å². The molecule has 0 aromatic heterocycles. The monoisotopic (exact) mass is 762 g/mol. The van der Waals surface area contributed by atoms with E-state index < -0.39 is 45.2 Å². The number of carbonyl (C=O) groups excluding carboxylic acids is 4. The van der Waals surface area contributed by atoms with Crippen LogP contribution >= 0.6 is 0 Å². The predicted octanol–water partition coefficient (Wildman–Crippen LogP) is 7.19. The lowest BCUT2D eigenvalue weighted by atomic mass is 10.0. The third kappa shape index (κ3) is 18.8. The van der Waals surface area contributed by atoms with Crippen molar-refractivity contribution in [1.29, 1.82) is 0 Å². The zero-order chi connectivity index (χ0) is 36.9. The van der Waals surface area contributed by atoms with E-state index in [-0.39, 0.29) is 48.8 Å². The minimum atomic E-state index is -1.88. The van der Waals surface area contributed by atoms with Crippen molar-refractivity contribution in [3.05, 3.63) is 0 Å². The van der Waals surface area contributed by atoms with Gasteiger partial charge in [0.25, 0.3) is 0 Å². The van der Waals surface area contributed by atoms with Crippen LogP contribution in [0.5, 0.6) is 0 Å². The molecule has 0 bridgehead atoms. The fraction of sp³-hybridized carbons (Fsp3) is 0.882. The molecule has 4 atom stereocenters. The minimum absolute atomic E-state index is 0.000863. The Morgan fingerprint density at radius 3 is 1.37 bits per heavy atom. The molecule has 0 aromatic carbocycles. The molecule has 2 rings (SSSR count). The highest BCUT2D eigenvalue weighted by Gasteiger charge is 2.37. The van der Waals surface area contributed by atoms with Crippen LogP contribution in [0.15, 0.2) is 0 Å². The van der Waals surface area contributed by atoms with Gasteiger partial charge in [-0.05, 0) is 116 Å². The van der Waals surface area contributed by atoms with Crippen molar-refractivity contribution in [3.63, 3.8) is 0 Å². The lowest BCUT2D eigenvalue weighted by Gasteiger charge is -2.34. The zero-order valence-corrected chi connectivity index (χ0v) is 36.1. The molecule has 0 amide bonds. The smallest absolute Gasteiger partial charge is 0.317 e. The van der Waals surface area contributed by atoms with E-state index in [1.807, 2.05) is 13.8 Å². The van der Waals surface area contributed by atoms with Crippen molar-refractivity contribution in [2.24, 2.45) is 11.8 Å². The van der Waals surface area contributed by atoms with Crippen molar-refractivity contribution in [2.75, 3.05) is 26.4 Å². The number of carbonyl (C=O) groups is 4. The largest absolute Gasteiger partial charge is 0.455 e. The number of ether oxygens (including phenoxy) is 5. The number of hydrogen-bond acceptors (Lipinski definition) is 11. The molecule has 2 fully saturated rings. The normalized spacial score (nSPS) is 20.5. The molecule has 0 aliphatic carbocycles. The van der Waals surface area contributed by atoms with E-state index in [2.05, 4.69) is 61.8 Å². The van der Waals surface area contributed by atoms with E-state index in [1.54, 1.807) is 0 Å². The summed E-state index contributed by atoms with van der Waals surface area (Å²) < 4.78 is 40.7. The van der Waals surface area contributed by atoms with Crippen LogP contribution in [0, 0.1) is 11.8 Å². The van der Waals surface area contributed by atoms with Gasteiger partial charge in [0.2, 0.25) is 0 Å². The third-order valence-electron chi connectivity index (χ3n) is 9.05. The second kappa shape index (κ2) is 20.3. The van der Waals surface area contributed by atoms with E-state index in [0.29, 0.717) is 39.3 Å². The van der Waals surface area contributed by atoms with Crippen molar-refractivity contribution >= 4 is 57.1 Å². The van der Waals surface area contributed by atoms with Crippen LogP contribution in [0.3, 0.4) is 0 Å². The van der Waals surface area contributed by atoms with Gasteiger partial charge in [-0.15, -0.1) is 0 Å². The summed E-state index contributed by atoms with van der Waals surface area (Å²) in [4.78, 5) is 46.1. The topological polar surface area (TPSA) is 133 Å². The van der Waals surface area contributed by atoms with Gasteiger partial charge >= 0.3 is 23.9 Å². The number of hydrogen-bond donors (Lipinski definition) is 0. The molecule has 2 heterocycles. The fourth-order valence-corrected chi connectivity index (χ4v) is 24.5. The van der Waals surface area contributed by atoms with Crippen LogP contribution in [0.1, 0.15) is 65.2 Å². The predicted molar refractivity (Wildman–Crippen MR) is 199 cm³/mol. The molecular weight excluding hydrogens is 697 g/mol. The molecule has 0 saturated carbocycles. The average molecular weight is 763 g/mol. The van der Waals surface area contributed by atoms with E-state index >= 15 is 0 Å². The van der Waals surface area contributed by atoms with E-state index in [9.17, 15) is 19.2 Å². The van der Waals surface area contributed by atoms with Gasteiger partial charge in [0, 0.05) is 13.2 Å². The lowest BCUT2D eigenvalue weighted by molar-refractivity contribution is -0.155. The quantitative estimate of drug-likeness (QED) is 0.0384. The molecule has 15 heteroatoms. The Hall–Kier alpha value is -1.05. The number of esters is 4. The molecule has 0 aromatic rings. The molecule has 0 spiro atoms. The molecule has 4 unspecified atom stereocenters. The summed E-state index contributed by atoms with van der Waals surface area (Å²) in [5.41, 5.74) is 0. The minimum Gasteiger partial charge on any atom is -0.455 e. The summed E-state index contributed by atoms with van der Waals surface area (Å²) >= 11 is 0. The Bertz CT molecular complexity index is 1080. The highest BCUT2D eigenvalue weighted by molar-refractivity contribution is 6.85. The Balaban J connectivity index is 1.51. The summed E-state index contributed by atoms with van der Waals surface area (Å²) in [5.74, 6) is -2.10. The third-order valence-corrected chi connectivity index (χ3v) is 24.1. The second-order valence-electron chi connectivity index (χ2n) is 16.5.